The molecule has 1 aromatic rings. The van der Waals surface area contributed by atoms with Gasteiger partial charge in [-0.25, -0.2) is 8.78 Å². The van der Waals surface area contributed by atoms with Crippen molar-refractivity contribution in [2.45, 2.75) is 77.8 Å². The largest absolute Gasteiger partial charge is 0.393 e. The second kappa shape index (κ2) is 8.98. The molecule has 0 bridgehead atoms. The number of aliphatic hydroxyl groups excluding tert-OH is 1. The quantitative estimate of drug-likeness (QED) is 0.450. The molecular weight excluding hydrogens is 504 g/mol. The Morgan fingerprint density at radius 1 is 1.21 bits per heavy atom. The number of nitrogens with zero attached hydrogens (tertiary/aromatic N) is 1. The van der Waals surface area contributed by atoms with E-state index in [0.29, 0.717) is 44.1 Å². The van der Waals surface area contributed by atoms with Crippen LogP contribution in [0, 0.1) is 40.9 Å². The molecule has 1 aliphatic heterocycles. The number of alkyl halides is 2. The lowest BCUT2D eigenvalue weighted by molar-refractivity contribution is -0.266. The van der Waals surface area contributed by atoms with Crippen LogP contribution in [-0.4, -0.2) is 45.7 Å². The highest BCUT2D eigenvalue weighted by Gasteiger charge is 2.79. The Labute approximate surface area is 228 Å². The van der Waals surface area contributed by atoms with Gasteiger partial charge in [-0.05, 0) is 55.1 Å². The number of fused-ring (bicyclic) bond motifs is 7. The molecule has 38 heavy (non-hydrogen) atoms. The zero-order valence-electron chi connectivity index (χ0n) is 22.8. The molecule has 0 spiro atoms. The summed E-state index contributed by atoms with van der Waals surface area (Å²) in [5.74, 6) is -0.431. The molecule has 6 rings (SSSR count). The zero-order chi connectivity index (χ0) is 27.1. The first kappa shape index (κ1) is 26.7. The number of allylic oxidation sites excluding steroid dienone is 4. The summed E-state index contributed by atoms with van der Waals surface area (Å²) in [6, 6.07) is 7.42. The lowest BCUT2D eigenvalue weighted by atomic mass is 9.41. The number of thioether (sulfide) groups is 1. The summed E-state index contributed by atoms with van der Waals surface area (Å²) < 4.78 is 29.5. The Hall–Kier alpha value is -1.54. The first-order valence-corrected chi connectivity index (χ1v) is 14.9. The Kier molecular flexibility index (Phi) is 6.31. The van der Waals surface area contributed by atoms with Gasteiger partial charge in [0.25, 0.3) is 0 Å². The minimum absolute atomic E-state index is 0.129. The van der Waals surface area contributed by atoms with Crippen LogP contribution < -0.4 is 0 Å². The molecule has 7 heteroatoms. The van der Waals surface area contributed by atoms with Crippen molar-refractivity contribution in [2.75, 3.05) is 12.6 Å². The molecule has 0 radical (unpaired) electrons. The van der Waals surface area contributed by atoms with Crippen molar-refractivity contribution in [1.82, 2.24) is 5.06 Å². The Bertz CT molecular complexity index is 1190. The van der Waals surface area contributed by atoms with E-state index in [1.807, 2.05) is 18.1 Å². The van der Waals surface area contributed by atoms with E-state index in [2.05, 4.69) is 57.2 Å². The Morgan fingerprint density at radius 3 is 2.66 bits per heavy atom. The highest BCUT2D eigenvalue weighted by molar-refractivity contribution is 8.13. The predicted octanol–water partition coefficient (Wildman–Crippen LogP) is 6.33. The monoisotopic (exact) mass is 543 g/mol. The van der Waals surface area contributed by atoms with E-state index in [-0.39, 0.29) is 22.9 Å². The molecule has 4 nitrogen and oxygen atoms in total. The average Bonchev–Trinajstić information content (AvgIpc) is 3.30. The van der Waals surface area contributed by atoms with Crippen molar-refractivity contribution in [1.29, 1.82) is 0 Å². The molecule has 1 heterocycles. The molecule has 0 amide bonds. The van der Waals surface area contributed by atoms with Gasteiger partial charge in [0.15, 0.2) is 5.60 Å². The van der Waals surface area contributed by atoms with Crippen molar-refractivity contribution in [3.05, 3.63) is 59.2 Å². The highest BCUT2D eigenvalue weighted by atomic mass is 32.2. The van der Waals surface area contributed by atoms with Crippen LogP contribution in [0.25, 0.3) is 0 Å². The lowest BCUT2D eigenvalue weighted by Gasteiger charge is -2.64. The summed E-state index contributed by atoms with van der Waals surface area (Å²) >= 11 is 0.674. The van der Waals surface area contributed by atoms with E-state index in [9.17, 15) is 14.3 Å². The Balaban J connectivity index is 1.40. The van der Waals surface area contributed by atoms with Gasteiger partial charge in [0, 0.05) is 35.8 Å². The highest BCUT2D eigenvalue weighted by Crippen LogP contribution is 2.76. The van der Waals surface area contributed by atoms with Gasteiger partial charge in [-0.3, -0.25) is 9.63 Å². The Morgan fingerprint density at radius 2 is 1.95 bits per heavy atom. The van der Waals surface area contributed by atoms with E-state index < -0.39 is 40.1 Å². The van der Waals surface area contributed by atoms with E-state index in [0.717, 1.165) is 17.6 Å². The van der Waals surface area contributed by atoms with Gasteiger partial charge < -0.3 is 5.11 Å². The van der Waals surface area contributed by atoms with Crippen LogP contribution in [0.2, 0.25) is 0 Å². The zero-order valence-corrected chi connectivity index (χ0v) is 23.6. The second-order valence-electron chi connectivity index (χ2n) is 13.0. The van der Waals surface area contributed by atoms with E-state index >= 15 is 4.39 Å². The van der Waals surface area contributed by atoms with E-state index in [4.69, 9.17) is 4.84 Å². The first-order chi connectivity index (χ1) is 18.0. The second-order valence-corrected chi connectivity index (χ2v) is 13.9. The summed E-state index contributed by atoms with van der Waals surface area (Å²) in [4.78, 5) is 20.6. The van der Waals surface area contributed by atoms with Gasteiger partial charge >= 0.3 is 0 Å². The molecule has 3 saturated carbocycles. The summed E-state index contributed by atoms with van der Waals surface area (Å²) in [6.07, 6.45) is 6.50. The fourth-order valence-electron chi connectivity index (χ4n) is 9.51. The molecule has 206 valence electrons. The molecule has 9 atom stereocenters. The maximum atomic E-state index is 15.9. The predicted molar refractivity (Wildman–Crippen MR) is 145 cm³/mol. The maximum absolute atomic E-state index is 15.9. The number of hydrogen-bond donors (Lipinski definition) is 1. The molecular formula is C31H39F2NO3S. The first-order valence-electron chi connectivity index (χ1n) is 13.9. The van der Waals surface area contributed by atoms with Crippen LogP contribution >= 0.6 is 11.8 Å². The topological polar surface area (TPSA) is 49.8 Å². The molecule has 0 aromatic heterocycles. The maximum Gasteiger partial charge on any atom is 0.226 e. The molecule has 4 aliphatic carbocycles. The normalized spacial score (nSPS) is 45.7. The smallest absolute Gasteiger partial charge is 0.226 e. The third-order valence-electron chi connectivity index (χ3n) is 11.3. The molecule has 4 fully saturated rings. The van der Waals surface area contributed by atoms with Crippen LogP contribution in [-0.2, 0) is 16.2 Å². The van der Waals surface area contributed by atoms with Gasteiger partial charge in [-0.2, -0.15) is 5.06 Å². The standard InChI is InChI=1S/C31H39F2NO3S/c1-19-8-10-20(11-9-19)16-34-17-21-14-29(3)23-13-24(33)22-7-5-6-12-28(22,2)26(23)25(35)15-30(29,4)31(21,37-34)27(36)38-18-32/h6-12,21,23-26,35H,5,13-18H2,1-4H3. The number of aryl methyl sites for hydroxylation is 1. The fraction of sp³-hybridized carbons (Fsp3) is 0.645. The van der Waals surface area contributed by atoms with Crippen molar-refractivity contribution in [2.24, 2.45) is 34.0 Å². The van der Waals surface area contributed by atoms with Gasteiger partial charge in [0.1, 0.15) is 12.2 Å². The SMILES string of the molecule is Cc1ccc(CN2CC3CC4(C)C5CC(F)C6=CCC=CC6(C)C5C(O)CC4(C)C3(C(=O)SCF)O2)cc1. The number of aliphatic hydroxyl groups is 1. The third kappa shape index (κ3) is 3.40. The van der Waals surface area contributed by atoms with E-state index in [1.54, 1.807) is 0 Å². The van der Waals surface area contributed by atoms with Crippen molar-refractivity contribution in [3.63, 3.8) is 0 Å². The van der Waals surface area contributed by atoms with Crippen molar-refractivity contribution in [3.8, 4) is 0 Å². The molecule has 9 unspecified atom stereocenters. The summed E-state index contributed by atoms with van der Waals surface area (Å²) in [7, 11) is 0. The van der Waals surface area contributed by atoms with Crippen LogP contribution in [0.3, 0.4) is 0 Å². The summed E-state index contributed by atoms with van der Waals surface area (Å²) in [5.41, 5.74) is 0.00942. The number of benzene rings is 1. The number of carbonyl (C=O) groups excluding carboxylic acids is 1. The number of halogens is 2. The molecule has 1 N–H and O–H groups in total. The third-order valence-corrected chi connectivity index (χ3v) is 12.0. The van der Waals surface area contributed by atoms with Crippen LogP contribution in [0.5, 0.6) is 0 Å². The van der Waals surface area contributed by atoms with Crippen LogP contribution in [0.4, 0.5) is 8.78 Å². The van der Waals surface area contributed by atoms with E-state index in [1.165, 1.54) is 5.56 Å². The van der Waals surface area contributed by atoms with Crippen molar-refractivity contribution < 1.29 is 23.5 Å². The molecule has 1 aromatic carbocycles. The minimum atomic E-state index is -1.26. The number of rotatable bonds is 4. The summed E-state index contributed by atoms with van der Waals surface area (Å²) in [5, 5.41) is 13.4. The van der Waals surface area contributed by atoms with Crippen LogP contribution in [0.15, 0.2) is 48.1 Å². The minimum Gasteiger partial charge on any atom is -0.393 e. The number of carbonyl (C=O) groups is 1. The van der Waals surface area contributed by atoms with Crippen LogP contribution in [0.1, 0.15) is 57.6 Å². The van der Waals surface area contributed by atoms with Gasteiger partial charge in [0.2, 0.25) is 5.12 Å². The van der Waals surface area contributed by atoms with Gasteiger partial charge in [-0.15, -0.1) is 0 Å². The van der Waals surface area contributed by atoms with Crippen molar-refractivity contribution >= 4 is 16.9 Å². The fourth-order valence-corrected chi connectivity index (χ4v) is 10.3. The summed E-state index contributed by atoms with van der Waals surface area (Å²) in [6.45, 7) is 9.43. The van der Waals surface area contributed by atoms with Gasteiger partial charge in [-0.1, -0.05) is 80.6 Å². The van der Waals surface area contributed by atoms with Gasteiger partial charge in [0.05, 0.1) is 6.10 Å². The number of hydroxylamine groups is 2. The average molecular weight is 544 g/mol. The lowest BCUT2D eigenvalue weighted by Crippen LogP contribution is -2.66. The number of hydrogen-bond acceptors (Lipinski definition) is 5. The molecule has 5 aliphatic rings. The molecule has 1 saturated heterocycles.